The van der Waals surface area contributed by atoms with Gasteiger partial charge in [0, 0.05) is 13.6 Å². The Kier molecular flexibility index (Phi) is 3.72. The van der Waals surface area contributed by atoms with E-state index < -0.39 is 0 Å². The van der Waals surface area contributed by atoms with Crippen LogP contribution in [-0.4, -0.2) is 37.7 Å². The average Bonchev–Trinajstić information content (AvgIpc) is 2.84. The molecule has 0 aromatic heterocycles. The van der Waals surface area contributed by atoms with E-state index in [9.17, 15) is 4.79 Å². The number of carbonyl (C=O) groups excluding carboxylic acids is 1. The zero-order valence-electron chi connectivity index (χ0n) is 10.9. The number of nitrogens with one attached hydrogen (secondary N) is 1. The molecule has 1 aliphatic heterocycles. The van der Waals surface area contributed by atoms with E-state index in [4.69, 9.17) is 9.47 Å². The van der Waals surface area contributed by atoms with Gasteiger partial charge >= 0.3 is 0 Å². The molecule has 1 heterocycles. The molecule has 1 N–H and O–H groups in total. The molecule has 5 nitrogen and oxygen atoms in total. The number of likely N-dealkylation sites (N-methyl/N-ethyl adjacent to an activating group) is 2. The zero-order chi connectivity index (χ0) is 13.1. The second-order valence-corrected chi connectivity index (χ2v) is 4.39. The zero-order valence-corrected chi connectivity index (χ0v) is 10.9. The molecule has 5 heteroatoms. The average molecular weight is 250 g/mol. The van der Waals surface area contributed by atoms with Crippen LogP contribution >= 0.6 is 0 Å². The molecule has 2 rings (SSSR count). The predicted octanol–water partition coefficient (Wildman–Crippen LogP) is 0.982. The number of ether oxygens (including phenoxy) is 2. The summed E-state index contributed by atoms with van der Waals surface area (Å²) in [5, 5.41) is 2.65. The highest BCUT2D eigenvalue weighted by molar-refractivity contribution is 5.80. The monoisotopic (exact) mass is 250 g/mol. The van der Waals surface area contributed by atoms with E-state index in [0.29, 0.717) is 6.54 Å². The lowest BCUT2D eigenvalue weighted by atomic mass is 10.1. The highest BCUT2D eigenvalue weighted by atomic mass is 16.7. The molecule has 18 heavy (non-hydrogen) atoms. The van der Waals surface area contributed by atoms with Gasteiger partial charge in [-0.25, -0.2) is 0 Å². The quantitative estimate of drug-likeness (QED) is 0.865. The number of benzene rings is 1. The van der Waals surface area contributed by atoms with E-state index in [1.807, 2.05) is 37.1 Å². The Hall–Kier alpha value is -1.75. The molecule has 98 valence electrons. The third-order valence-electron chi connectivity index (χ3n) is 3.16. The fraction of sp³-hybridized carbons (Fsp3) is 0.462. The van der Waals surface area contributed by atoms with Crippen LogP contribution in [-0.2, 0) is 11.3 Å². The second kappa shape index (κ2) is 5.27. The van der Waals surface area contributed by atoms with Gasteiger partial charge in [-0.15, -0.1) is 0 Å². The molecular formula is C13H18N2O3. The van der Waals surface area contributed by atoms with Crippen LogP contribution in [0.5, 0.6) is 11.5 Å². The van der Waals surface area contributed by atoms with Gasteiger partial charge in [-0.05, 0) is 31.7 Å². The van der Waals surface area contributed by atoms with Crippen LogP contribution in [0.3, 0.4) is 0 Å². The third kappa shape index (κ3) is 2.56. The number of carbonyl (C=O) groups is 1. The lowest BCUT2D eigenvalue weighted by molar-refractivity contribution is -0.125. The minimum absolute atomic E-state index is 0.0123. The maximum Gasteiger partial charge on any atom is 0.236 e. The normalized spacial score (nSPS) is 14.7. The van der Waals surface area contributed by atoms with E-state index in [1.165, 1.54) is 0 Å². The largest absolute Gasteiger partial charge is 0.454 e. The topological polar surface area (TPSA) is 50.8 Å². The summed E-state index contributed by atoms with van der Waals surface area (Å²) in [5.74, 6) is 1.56. The van der Waals surface area contributed by atoms with Crippen LogP contribution in [0.15, 0.2) is 18.2 Å². The van der Waals surface area contributed by atoms with E-state index in [1.54, 1.807) is 7.05 Å². The lowest BCUT2D eigenvalue weighted by Gasteiger charge is -2.23. The summed E-state index contributed by atoms with van der Waals surface area (Å²) in [6.07, 6.45) is 0. The molecule has 0 aliphatic carbocycles. The van der Waals surface area contributed by atoms with Crippen molar-refractivity contribution in [3.8, 4) is 11.5 Å². The molecule has 0 saturated carbocycles. The highest BCUT2D eigenvalue weighted by Crippen LogP contribution is 2.32. The highest BCUT2D eigenvalue weighted by Gasteiger charge is 2.18. The molecule has 0 spiro atoms. The Labute approximate surface area is 107 Å². The second-order valence-electron chi connectivity index (χ2n) is 4.39. The van der Waals surface area contributed by atoms with E-state index in [-0.39, 0.29) is 18.7 Å². The summed E-state index contributed by atoms with van der Waals surface area (Å²) < 4.78 is 10.6. The third-order valence-corrected chi connectivity index (χ3v) is 3.16. The van der Waals surface area contributed by atoms with Crippen LogP contribution in [0, 0.1) is 0 Å². The van der Waals surface area contributed by atoms with Crippen molar-refractivity contribution in [2.24, 2.45) is 0 Å². The number of nitrogens with zero attached hydrogens (tertiary/aromatic N) is 1. The van der Waals surface area contributed by atoms with E-state index in [0.717, 1.165) is 17.1 Å². The van der Waals surface area contributed by atoms with E-state index in [2.05, 4.69) is 5.32 Å². The Bertz CT molecular complexity index is 448. The van der Waals surface area contributed by atoms with Gasteiger partial charge in [0.1, 0.15) is 0 Å². The maximum absolute atomic E-state index is 11.5. The summed E-state index contributed by atoms with van der Waals surface area (Å²) >= 11 is 0. The molecule has 0 saturated heterocycles. The molecule has 1 atom stereocenters. The van der Waals surface area contributed by atoms with Crippen LogP contribution in [0.2, 0.25) is 0 Å². The molecule has 0 unspecified atom stereocenters. The van der Waals surface area contributed by atoms with Gasteiger partial charge < -0.3 is 14.8 Å². The van der Waals surface area contributed by atoms with Gasteiger partial charge in [-0.3, -0.25) is 9.69 Å². The van der Waals surface area contributed by atoms with Crippen molar-refractivity contribution < 1.29 is 14.3 Å². The fourth-order valence-corrected chi connectivity index (χ4v) is 1.87. The summed E-state index contributed by atoms with van der Waals surface area (Å²) in [7, 11) is 3.57. The predicted molar refractivity (Wildman–Crippen MR) is 67.6 cm³/mol. The van der Waals surface area contributed by atoms with E-state index >= 15 is 0 Å². The van der Waals surface area contributed by atoms with Crippen molar-refractivity contribution in [2.45, 2.75) is 19.5 Å². The van der Waals surface area contributed by atoms with Crippen LogP contribution < -0.4 is 14.8 Å². The molecule has 1 amide bonds. The first-order valence-corrected chi connectivity index (χ1v) is 5.92. The van der Waals surface area contributed by atoms with Crippen molar-refractivity contribution in [1.29, 1.82) is 0 Å². The lowest BCUT2D eigenvalue weighted by Crippen LogP contribution is -2.41. The number of hydrogen-bond acceptors (Lipinski definition) is 4. The molecular weight excluding hydrogens is 232 g/mol. The van der Waals surface area contributed by atoms with Gasteiger partial charge in [0.05, 0.1) is 6.04 Å². The van der Waals surface area contributed by atoms with Crippen LogP contribution in [0.1, 0.15) is 12.5 Å². The molecule has 1 aromatic rings. The summed E-state index contributed by atoms with van der Waals surface area (Å²) in [6.45, 7) is 2.85. The smallest absolute Gasteiger partial charge is 0.236 e. The Morgan fingerprint density at radius 3 is 2.89 bits per heavy atom. The van der Waals surface area contributed by atoms with Gasteiger partial charge in [0.2, 0.25) is 12.7 Å². The fourth-order valence-electron chi connectivity index (χ4n) is 1.87. The van der Waals surface area contributed by atoms with Crippen molar-refractivity contribution in [3.05, 3.63) is 23.8 Å². The SMILES string of the molecule is CNC(=O)[C@@H](C)N(C)Cc1ccc2c(c1)OCO2. The summed E-state index contributed by atoms with van der Waals surface area (Å²) in [5.41, 5.74) is 1.09. The Morgan fingerprint density at radius 1 is 1.44 bits per heavy atom. The molecule has 0 fully saturated rings. The minimum Gasteiger partial charge on any atom is -0.454 e. The molecule has 1 aromatic carbocycles. The number of hydrogen-bond donors (Lipinski definition) is 1. The first kappa shape index (κ1) is 12.7. The molecule has 0 radical (unpaired) electrons. The van der Waals surface area contributed by atoms with Gasteiger partial charge in [0.25, 0.3) is 0 Å². The Morgan fingerprint density at radius 2 is 2.17 bits per heavy atom. The summed E-state index contributed by atoms with van der Waals surface area (Å²) in [4.78, 5) is 13.5. The minimum atomic E-state index is -0.166. The first-order valence-electron chi connectivity index (χ1n) is 5.92. The first-order chi connectivity index (χ1) is 8.61. The van der Waals surface area contributed by atoms with Crippen LogP contribution in [0.25, 0.3) is 0 Å². The molecule has 0 bridgehead atoms. The van der Waals surface area contributed by atoms with Crippen molar-refractivity contribution >= 4 is 5.91 Å². The number of amides is 1. The number of rotatable bonds is 4. The maximum atomic E-state index is 11.5. The Balaban J connectivity index is 2.03. The van der Waals surface area contributed by atoms with Gasteiger partial charge in [0.15, 0.2) is 11.5 Å². The van der Waals surface area contributed by atoms with Crippen LogP contribution in [0.4, 0.5) is 0 Å². The van der Waals surface area contributed by atoms with Gasteiger partial charge in [-0.1, -0.05) is 6.07 Å². The summed E-state index contributed by atoms with van der Waals surface area (Å²) in [6, 6.07) is 5.67. The van der Waals surface area contributed by atoms with Gasteiger partial charge in [-0.2, -0.15) is 0 Å². The van der Waals surface area contributed by atoms with Crippen molar-refractivity contribution in [2.75, 3.05) is 20.9 Å². The van der Waals surface area contributed by atoms with Crippen molar-refractivity contribution in [3.63, 3.8) is 0 Å². The molecule has 1 aliphatic rings. The standard InChI is InChI=1S/C13H18N2O3/c1-9(13(16)14-2)15(3)7-10-4-5-11-12(6-10)18-8-17-11/h4-6,9H,7-8H2,1-3H3,(H,14,16)/t9-/m1/s1. The van der Waals surface area contributed by atoms with Crippen molar-refractivity contribution in [1.82, 2.24) is 10.2 Å². The number of fused-ring (bicyclic) bond motifs is 1.